The van der Waals surface area contributed by atoms with Crippen molar-refractivity contribution in [3.05, 3.63) is 89.0 Å². The molecule has 5 nitrogen and oxygen atoms in total. The van der Waals surface area contributed by atoms with Crippen LogP contribution in [0.25, 0.3) is 0 Å². The summed E-state index contributed by atoms with van der Waals surface area (Å²) in [4.78, 5) is 0. The van der Waals surface area contributed by atoms with Crippen molar-refractivity contribution in [1.29, 1.82) is 0 Å². The maximum atomic E-state index is 10.4. The van der Waals surface area contributed by atoms with Gasteiger partial charge in [-0.2, -0.15) is 0 Å². The van der Waals surface area contributed by atoms with Gasteiger partial charge in [-0.1, -0.05) is 48.0 Å². The van der Waals surface area contributed by atoms with Crippen molar-refractivity contribution in [3.8, 4) is 5.75 Å². The number of aryl methyl sites for hydroxylation is 3. The molecular weight excluding hydrogens is 351 g/mol. The molecule has 0 atom stereocenters. The maximum absolute atomic E-state index is 10.4. The Labute approximate surface area is 166 Å². The second kappa shape index (κ2) is 8.93. The molecule has 144 valence electrons. The summed E-state index contributed by atoms with van der Waals surface area (Å²) in [5.41, 5.74) is 11.6. The van der Waals surface area contributed by atoms with Crippen molar-refractivity contribution >= 4 is 18.7 Å². The highest BCUT2D eigenvalue weighted by atomic mass is 16.8. The second-order valence-electron chi connectivity index (χ2n) is 6.76. The van der Waals surface area contributed by atoms with Crippen LogP contribution in [0, 0.1) is 20.8 Å². The van der Waals surface area contributed by atoms with Crippen LogP contribution in [0.15, 0.2) is 66.7 Å². The van der Waals surface area contributed by atoms with Crippen LogP contribution in [0.5, 0.6) is 5.75 Å². The van der Waals surface area contributed by atoms with Crippen LogP contribution in [-0.4, -0.2) is 12.3 Å². The van der Waals surface area contributed by atoms with E-state index in [1.165, 1.54) is 5.56 Å². The summed E-state index contributed by atoms with van der Waals surface area (Å²) in [6.07, 6.45) is 0. The van der Waals surface area contributed by atoms with Crippen molar-refractivity contribution in [2.75, 3.05) is 5.06 Å². The molecule has 0 unspecified atom stereocenters. The first-order chi connectivity index (χ1) is 13.5. The van der Waals surface area contributed by atoms with E-state index in [1.807, 2.05) is 56.3 Å². The molecule has 0 saturated heterocycles. The molecule has 6 heteroatoms. The van der Waals surface area contributed by atoms with Gasteiger partial charge in [-0.3, -0.25) is 4.76 Å². The molecule has 0 fully saturated rings. The summed E-state index contributed by atoms with van der Waals surface area (Å²) < 4.78 is 11.3. The smallest absolute Gasteiger partial charge is 0.511 e. The highest BCUT2D eigenvalue weighted by Gasteiger charge is 2.27. The van der Waals surface area contributed by atoms with Crippen LogP contribution in [-0.2, 0) is 11.3 Å². The Morgan fingerprint density at radius 1 is 0.929 bits per heavy atom. The van der Waals surface area contributed by atoms with Gasteiger partial charge in [-0.25, -0.2) is 5.06 Å². The molecule has 3 N–H and O–H groups in total. The number of para-hydroxylation sites is 1. The summed E-state index contributed by atoms with van der Waals surface area (Å²) in [6.45, 7) is 6.55. The van der Waals surface area contributed by atoms with Gasteiger partial charge in [0.1, 0.15) is 5.75 Å². The lowest BCUT2D eigenvalue weighted by Crippen LogP contribution is -2.35. The molecule has 0 amide bonds. The highest BCUT2D eigenvalue weighted by Crippen LogP contribution is 2.33. The molecule has 3 aromatic rings. The Morgan fingerprint density at radius 3 is 2.11 bits per heavy atom. The van der Waals surface area contributed by atoms with Crippen LogP contribution in [0.4, 0.5) is 11.4 Å². The topological polar surface area (TPSA) is 68.0 Å². The molecule has 28 heavy (non-hydrogen) atoms. The van der Waals surface area contributed by atoms with Crippen LogP contribution in [0.1, 0.15) is 22.3 Å². The number of benzene rings is 3. The fourth-order valence-corrected chi connectivity index (χ4v) is 3.23. The number of hydrogen-bond donors (Lipinski definition) is 2. The van der Waals surface area contributed by atoms with Gasteiger partial charge in [-0.05, 0) is 61.7 Å². The molecule has 0 saturated carbocycles. The van der Waals surface area contributed by atoms with E-state index in [9.17, 15) is 5.02 Å². The molecule has 0 aliphatic carbocycles. The van der Waals surface area contributed by atoms with Crippen molar-refractivity contribution in [2.45, 2.75) is 27.3 Å². The van der Waals surface area contributed by atoms with Crippen LogP contribution < -0.4 is 15.5 Å². The second-order valence-corrected chi connectivity index (χ2v) is 6.76. The molecule has 0 aliphatic heterocycles. The van der Waals surface area contributed by atoms with Gasteiger partial charge >= 0.3 is 7.32 Å². The van der Waals surface area contributed by atoms with Gasteiger partial charge in [0.05, 0.1) is 11.4 Å². The van der Waals surface area contributed by atoms with Gasteiger partial charge in [0.2, 0.25) is 0 Å². The Balaban J connectivity index is 1.94. The van der Waals surface area contributed by atoms with Gasteiger partial charge in [0, 0.05) is 6.54 Å². The Hall–Kier alpha value is -2.80. The van der Waals surface area contributed by atoms with Gasteiger partial charge in [0.25, 0.3) is 0 Å². The molecule has 0 aliphatic rings. The Morgan fingerprint density at radius 2 is 1.54 bits per heavy atom. The summed E-state index contributed by atoms with van der Waals surface area (Å²) >= 11 is 0. The summed E-state index contributed by atoms with van der Waals surface area (Å²) in [5.74, 6) is 0.519. The van der Waals surface area contributed by atoms with E-state index >= 15 is 0 Å². The molecule has 0 radical (unpaired) electrons. The number of anilines is 2. The molecule has 0 heterocycles. The molecule has 3 aromatic carbocycles. The lowest BCUT2D eigenvalue weighted by atomic mass is 10.0. The van der Waals surface area contributed by atoms with Crippen LogP contribution >= 0.6 is 0 Å². The minimum absolute atomic E-state index is 0.462. The average Bonchev–Trinajstić information content (AvgIpc) is 2.67. The van der Waals surface area contributed by atoms with Gasteiger partial charge in [0.15, 0.2) is 0 Å². The number of nitrogens with zero attached hydrogens (tertiary/aromatic N) is 1. The molecule has 0 aromatic heterocycles. The van der Waals surface area contributed by atoms with E-state index in [1.54, 1.807) is 17.2 Å². The number of nitrogens with two attached hydrogens (primary N) is 1. The highest BCUT2D eigenvalue weighted by molar-refractivity contribution is 6.36. The van der Waals surface area contributed by atoms with Gasteiger partial charge < -0.3 is 15.4 Å². The minimum Gasteiger partial charge on any atom is -0.511 e. The van der Waals surface area contributed by atoms with E-state index in [0.29, 0.717) is 12.3 Å². The maximum Gasteiger partial charge on any atom is 0.733 e. The van der Waals surface area contributed by atoms with E-state index in [-0.39, 0.29) is 0 Å². The molecule has 0 spiro atoms. The molecule has 0 bridgehead atoms. The normalized spacial score (nSPS) is 10.6. The van der Waals surface area contributed by atoms with Crippen molar-refractivity contribution in [1.82, 2.24) is 0 Å². The predicted octanol–water partition coefficient (Wildman–Crippen LogP) is 4.20. The average molecular weight is 376 g/mol. The first-order valence-electron chi connectivity index (χ1n) is 9.21. The standard InChI is InChI=1S/C22H25BN2O3/c1-16-13-17(2)22(18(3)14-16)25(20-11-9-19(15-24)10-12-20)28-23(26)27-21-7-5-4-6-8-21/h4-14,26H,15,24H2,1-3H3. The summed E-state index contributed by atoms with van der Waals surface area (Å²) in [7, 11) is -1.48. The first kappa shape index (κ1) is 20.0. The predicted molar refractivity (Wildman–Crippen MR) is 113 cm³/mol. The zero-order valence-corrected chi connectivity index (χ0v) is 16.4. The van der Waals surface area contributed by atoms with Crippen LogP contribution in [0.3, 0.4) is 0 Å². The monoisotopic (exact) mass is 376 g/mol. The quantitative estimate of drug-likeness (QED) is 0.478. The third-order valence-electron chi connectivity index (χ3n) is 4.42. The third-order valence-corrected chi connectivity index (χ3v) is 4.42. The lowest BCUT2D eigenvalue weighted by molar-refractivity contribution is 0.195. The summed E-state index contributed by atoms with van der Waals surface area (Å²) in [6, 6.07) is 20.9. The van der Waals surface area contributed by atoms with Crippen LogP contribution in [0.2, 0.25) is 0 Å². The fourth-order valence-electron chi connectivity index (χ4n) is 3.23. The minimum atomic E-state index is -1.48. The largest absolute Gasteiger partial charge is 0.733 e. The van der Waals surface area contributed by atoms with E-state index in [2.05, 4.69) is 19.1 Å². The van der Waals surface area contributed by atoms with Crippen molar-refractivity contribution < 1.29 is 14.4 Å². The van der Waals surface area contributed by atoms with Gasteiger partial charge in [-0.15, -0.1) is 0 Å². The first-order valence-corrected chi connectivity index (χ1v) is 9.21. The zero-order chi connectivity index (χ0) is 20.1. The molecule has 3 rings (SSSR count). The van der Waals surface area contributed by atoms with E-state index in [0.717, 1.165) is 28.1 Å². The van der Waals surface area contributed by atoms with Crippen molar-refractivity contribution in [3.63, 3.8) is 0 Å². The SMILES string of the molecule is Cc1cc(C)c(N(OB(O)Oc2ccccc2)c2ccc(CN)cc2)c(C)c1. The molecular formula is C22H25BN2O3. The van der Waals surface area contributed by atoms with Crippen molar-refractivity contribution in [2.24, 2.45) is 5.73 Å². The lowest BCUT2D eigenvalue weighted by Gasteiger charge is -2.28. The third kappa shape index (κ3) is 4.73. The Kier molecular flexibility index (Phi) is 6.36. The van der Waals surface area contributed by atoms with E-state index in [4.69, 9.17) is 15.1 Å². The van der Waals surface area contributed by atoms with E-state index < -0.39 is 7.32 Å². The Bertz CT molecular complexity index is 894. The zero-order valence-electron chi connectivity index (χ0n) is 16.4. The number of hydrogen-bond acceptors (Lipinski definition) is 5. The fraction of sp³-hybridized carbons (Fsp3) is 0.182. The number of rotatable bonds is 7. The summed E-state index contributed by atoms with van der Waals surface area (Å²) in [5, 5.41) is 12.0.